The van der Waals surface area contributed by atoms with Gasteiger partial charge < -0.3 is 20.0 Å². The zero-order valence-electron chi connectivity index (χ0n) is 19.5. The number of carbonyl (C=O) groups is 1. The molecule has 0 saturated carbocycles. The van der Waals surface area contributed by atoms with Crippen LogP contribution in [0, 0.1) is 12.8 Å². The molecule has 2 aromatic heterocycles. The van der Waals surface area contributed by atoms with E-state index < -0.39 is 5.97 Å². The van der Waals surface area contributed by atoms with Crippen LogP contribution in [0.15, 0.2) is 6.07 Å². The number of piperazine rings is 1. The lowest BCUT2D eigenvalue weighted by Crippen LogP contribution is -2.49. The molecule has 0 spiro atoms. The van der Waals surface area contributed by atoms with E-state index in [1.807, 2.05) is 6.07 Å². The van der Waals surface area contributed by atoms with Crippen molar-refractivity contribution in [3.8, 4) is 0 Å². The monoisotopic (exact) mass is 475 g/mol. The second-order valence-electron chi connectivity index (χ2n) is 9.03. The Balaban J connectivity index is 1.62. The fraction of sp³-hybridized carbons (Fsp3) is 0.636. The summed E-state index contributed by atoms with van der Waals surface area (Å²) >= 11 is 1.08. The van der Waals surface area contributed by atoms with Gasteiger partial charge in [0.25, 0.3) is 0 Å². The standard InChI is InChI=1S/C22H33N7O3S/c1-14(2)27-7-9-28(10-8-27)17-11-18(29-6-4-5-16(12-29)13-30)25-21(24-17)26-22-23-15(3)19(33-22)20(31)32/h11,14,16,30H,4-10,12-13H2,1-3H3,(H,31,32)(H,23,24,25,26). The second-order valence-corrected chi connectivity index (χ2v) is 10.0. The first-order chi connectivity index (χ1) is 15.8. The van der Waals surface area contributed by atoms with E-state index >= 15 is 0 Å². The molecule has 2 fully saturated rings. The van der Waals surface area contributed by atoms with Gasteiger partial charge in [0.1, 0.15) is 16.5 Å². The molecule has 3 N–H and O–H groups in total. The van der Waals surface area contributed by atoms with Crippen LogP contribution >= 0.6 is 11.3 Å². The summed E-state index contributed by atoms with van der Waals surface area (Å²) in [5.41, 5.74) is 0.470. The van der Waals surface area contributed by atoms with Crippen molar-refractivity contribution in [1.82, 2.24) is 19.9 Å². The van der Waals surface area contributed by atoms with Gasteiger partial charge in [0.2, 0.25) is 5.95 Å². The molecule has 0 aromatic carbocycles. The molecule has 2 aliphatic rings. The third-order valence-corrected chi connectivity index (χ3v) is 7.44. The summed E-state index contributed by atoms with van der Waals surface area (Å²) < 4.78 is 0. The number of aromatic nitrogens is 3. The van der Waals surface area contributed by atoms with Crippen LogP contribution in [0.25, 0.3) is 0 Å². The van der Waals surface area contributed by atoms with E-state index in [0.29, 0.717) is 22.8 Å². The summed E-state index contributed by atoms with van der Waals surface area (Å²) in [5, 5.41) is 22.6. The van der Waals surface area contributed by atoms with Crippen molar-refractivity contribution in [1.29, 1.82) is 0 Å². The average molecular weight is 476 g/mol. The van der Waals surface area contributed by atoms with Gasteiger partial charge in [0.15, 0.2) is 5.13 Å². The molecule has 4 heterocycles. The lowest BCUT2D eigenvalue weighted by atomic mass is 9.99. The first-order valence-corrected chi connectivity index (χ1v) is 12.4. The van der Waals surface area contributed by atoms with E-state index in [-0.39, 0.29) is 17.4 Å². The molecule has 2 aromatic rings. The molecule has 2 saturated heterocycles. The number of nitrogens with zero attached hydrogens (tertiary/aromatic N) is 6. The minimum absolute atomic E-state index is 0.174. The number of carboxylic acids is 1. The van der Waals surface area contributed by atoms with E-state index in [1.165, 1.54) is 0 Å². The Bertz CT molecular complexity index is 975. The highest BCUT2D eigenvalue weighted by Crippen LogP contribution is 2.29. The van der Waals surface area contributed by atoms with Crippen LogP contribution in [-0.2, 0) is 0 Å². The lowest BCUT2D eigenvalue weighted by Gasteiger charge is -2.38. The normalized spacial score (nSPS) is 19.8. The van der Waals surface area contributed by atoms with Gasteiger partial charge >= 0.3 is 5.97 Å². The van der Waals surface area contributed by atoms with Crippen LogP contribution < -0.4 is 15.1 Å². The summed E-state index contributed by atoms with van der Waals surface area (Å²) in [7, 11) is 0. The molecule has 0 radical (unpaired) electrons. The third-order valence-electron chi connectivity index (χ3n) is 6.38. The summed E-state index contributed by atoms with van der Waals surface area (Å²) in [6.45, 7) is 11.6. The molecule has 1 unspecified atom stereocenters. The molecule has 1 atom stereocenters. The molecule has 0 amide bonds. The highest BCUT2D eigenvalue weighted by atomic mass is 32.1. The molecule has 2 aliphatic heterocycles. The van der Waals surface area contributed by atoms with Crippen molar-refractivity contribution >= 4 is 40.0 Å². The second kappa shape index (κ2) is 10.2. The average Bonchev–Trinajstić information content (AvgIpc) is 3.19. The number of aryl methyl sites for hydroxylation is 1. The predicted molar refractivity (Wildman–Crippen MR) is 130 cm³/mol. The van der Waals surface area contributed by atoms with Gasteiger partial charge in [0.05, 0.1) is 5.69 Å². The Morgan fingerprint density at radius 2 is 1.85 bits per heavy atom. The number of aromatic carboxylic acids is 1. The highest BCUT2D eigenvalue weighted by molar-refractivity contribution is 7.17. The molecule has 0 aliphatic carbocycles. The zero-order chi connectivity index (χ0) is 23.5. The first kappa shape index (κ1) is 23.7. The van der Waals surface area contributed by atoms with Crippen molar-refractivity contribution in [2.75, 3.05) is 61.0 Å². The Labute approximate surface area is 198 Å². The largest absolute Gasteiger partial charge is 0.477 e. The number of hydrogen-bond acceptors (Lipinski definition) is 10. The number of anilines is 4. The topological polar surface area (TPSA) is 118 Å². The van der Waals surface area contributed by atoms with Crippen molar-refractivity contribution in [2.45, 2.75) is 39.7 Å². The van der Waals surface area contributed by atoms with Crippen LogP contribution in [0.1, 0.15) is 42.1 Å². The molecule has 10 nitrogen and oxygen atoms in total. The van der Waals surface area contributed by atoms with Gasteiger partial charge in [-0.2, -0.15) is 9.97 Å². The fourth-order valence-electron chi connectivity index (χ4n) is 4.44. The Morgan fingerprint density at radius 3 is 2.45 bits per heavy atom. The van der Waals surface area contributed by atoms with E-state index in [2.05, 4.69) is 38.8 Å². The quantitative estimate of drug-likeness (QED) is 0.551. The van der Waals surface area contributed by atoms with Crippen molar-refractivity contribution < 1.29 is 15.0 Å². The summed E-state index contributed by atoms with van der Waals surface area (Å²) in [4.78, 5) is 32.4. The van der Waals surface area contributed by atoms with E-state index in [4.69, 9.17) is 9.97 Å². The number of aliphatic hydroxyl groups is 1. The number of carboxylic acid groups (broad SMARTS) is 1. The summed E-state index contributed by atoms with van der Waals surface area (Å²) in [5.74, 6) is 1.33. The van der Waals surface area contributed by atoms with Gasteiger partial charge in [-0.05, 0) is 39.5 Å². The molecule has 33 heavy (non-hydrogen) atoms. The molecule has 0 bridgehead atoms. The van der Waals surface area contributed by atoms with Gasteiger partial charge in [0, 0.05) is 58.0 Å². The van der Waals surface area contributed by atoms with E-state index in [0.717, 1.165) is 75.1 Å². The number of rotatable bonds is 7. The predicted octanol–water partition coefficient (Wildman–Crippen LogP) is 2.42. The molecule has 180 valence electrons. The van der Waals surface area contributed by atoms with Crippen LogP contribution in [0.2, 0.25) is 0 Å². The van der Waals surface area contributed by atoms with Crippen LogP contribution in [0.4, 0.5) is 22.7 Å². The maximum absolute atomic E-state index is 11.4. The van der Waals surface area contributed by atoms with E-state index in [9.17, 15) is 15.0 Å². The number of nitrogens with one attached hydrogen (secondary N) is 1. The molecular weight excluding hydrogens is 442 g/mol. The number of piperidine rings is 1. The van der Waals surface area contributed by atoms with Gasteiger partial charge in [-0.25, -0.2) is 9.78 Å². The third kappa shape index (κ3) is 5.53. The molecular formula is C22H33N7O3S. The molecule has 4 rings (SSSR count). The zero-order valence-corrected chi connectivity index (χ0v) is 20.3. The SMILES string of the molecule is Cc1nc(Nc2nc(N3CCN(C(C)C)CC3)cc(N3CCCC(CO)C3)n2)sc1C(=O)O. The highest BCUT2D eigenvalue weighted by Gasteiger charge is 2.25. The van der Waals surface area contributed by atoms with Gasteiger partial charge in [-0.3, -0.25) is 10.2 Å². The smallest absolute Gasteiger partial charge is 0.347 e. The first-order valence-electron chi connectivity index (χ1n) is 11.6. The van der Waals surface area contributed by atoms with Crippen molar-refractivity contribution in [3.63, 3.8) is 0 Å². The number of hydrogen-bond donors (Lipinski definition) is 3. The van der Waals surface area contributed by atoms with Crippen LogP contribution in [0.5, 0.6) is 0 Å². The van der Waals surface area contributed by atoms with Crippen LogP contribution in [0.3, 0.4) is 0 Å². The van der Waals surface area contributed by atoms with Crippen molar-refractivity contribution in [2.24, 2.45) is 5.92 Å². The Kier molecular flexibility index (Phi) is 7.30. The van der Waals surface area contributed by atoms with Crippen LogP contribution in [-0.4, -0.2) is 88.0 Å². The number of aliphatic hydroxyl groups excluding tert-OH is 1. The minimum Gasteiger partial charge on any atom is -0.477 e. The maximum Gasteiger partial charge on any atom is 0.347 e. The lowest BCUT2D eigenvalue weighted by molar-refractivity contribution is 0.0701. The summed E-state index contributed by atoms with van der Waals surface area (Å²) in [6.07, 6.45) is 2.03. The number of thiazole rings is 1. The maximum atomic E-state index is 11.4. The molecule has 11 heteroatoms. The Hall–Kier alpha value is -2.50. The van der Waals surface area contributed by atoms with Crippen molar-refractivity contribution in [3.05, 3.63) is 16.6 Å². The van der Waals surface area contributed by atoms with E-state index in [1.54, 1.807) is 6.92 Å². The summed E-state index contributed by atoms with van der Waals surface area (Å²) in [6, 6.07) is 2.55. The fourth-order valence-corrected chi connectivity index (χ4v) is 5.23. The Morgan fingerprint density at radius 1 is 1.15 bits per heavy atom. The van der Waals surface area contributed by atoms with Gasteiger partial charge in [-0.1, -0.05) is 11.3 Å². The van der Waals surface area contributed by atoms with Gasteiger partial charge in [-0.15, -0.1) is 0 Å². The minimum atomic E-state index is -0.986.